The van der Waals surface area contributed by atoms with Gasteiger partial charge in [0.2, 0.25) is 5.78 Å². The lowest BCUT2D eigenvalue weighted by atomic mass is 10.2. The van der Waals surface area contributed by atoms with Gasteiger partial charge in [0.25, 0.3) is 5.56 Å². The number of nitrogen functional groups attached to an aromatic ring is 1. The van der Waals surface area contributed by atoms with Crippen LogP contribution in [0.1, 0.15) is 23.2 Å². The molecule has 2 aromatic rings. The minimum absolute atomic E-state index is 0.0319. The second-order valence-corrected chi connectivity index (χ2v) is 6.18. The van der Waals surface area contributed by atoms with Gasteiger partial charge in [0, 0.05) is 20.5 Å². The van der Waals surface area contributed by atoms with Crippen LogP contribution < -0.4 is 26.5 Å². The van der Waals surface area contributed by atoms with E-state index in [0.717, 1.165) is 9.13 Å². The highest BCUT2D eigenvalue weighted by molar-refractivity contribution is 6.01. The summed E-state index contributed by atoms with van der Waals surface area (Å²) >= 11 is 0. The summed E-state index contributed by atoms with van der Waals surface area (Å²) < 4.78 is 17.2. The van der Waals surface area contributed by atoms with Gasteiger partial charge in [-0.2, -0.15) is 0 Å². The summed E-state index contributed by atoms with van der Waals surface area (Å²) in [5.41, 5.74) is 3.82. The first-order valence-corrected chi connectivity index (χ1v) is 8.77. The normalized spacial score (nSPS) is 10.4. The number of methoxy groups -OCH3 is 1. The van der Waals surface area contributed by atoms with Crippen molar-refractivity contribution in [3.05, 3.63) is 50.7 Å². The number of aromatic nitrogens is 2. The van der Waals surface area contributed by atoms with Crippen molar-refractivity contribution in [3.8, 4) is 11.5 Å². The molecule has 0 aliphatic rings. The predicted molar refractivity (Wildman–Crippen MR) is 104 cm³/mol. The van der Waals surface area contributed by atoms with E-state index in [1.165, 1.54) is 14.1 Å². The molecule has 0 radical (unpaired) electrons. The van der Waals surface area contributed by atoms with E-state index in [0.29, 0.717) is 17.9 Å². The predicted octanol–water partition coefficient (Wildman–Crippen LogP) is 0.260. The fourth-order valence-corrected chi connectivity index (χ4v) is 2.49. The van der Waals surface area contributed by atoms with Gasteiger partial charge in [-0.3, -0.25) is 23.5 Å². The number of hydrogen-bond donors (Lipinski definition) is 1. The fraction of sp³-hybridized carbons (Fsp3) is 0.368. The van der Waals surface area contributed by atoms with Crippen molar-refractivity contribution < 1.29 is 23.8 Å². The van der Waals surface area contributed by atoms with Crippen LogP contribution in [0, 0.1) is 0 Å². The Morgan fingerprint density at radius 2 is 1.66 bits per heavy atom. The zero-order chi connectivity index (χ0) is 21.6. The molecule has 0 spiro atoms. The molecule has 29 heavy (non-hydrogen) atoms. The number of carbonyl (C=O) groups is 2. The first kappa shape index (κ1) is 21.7. The summed E-state index contributed by atoms with van der Waals surface area (Å²) in [6.07, 6.45) is 0.410. The van der Waals surface area contributed by atoms with Crippen molar-refractivity contribution in [1.29, 1.82) is 0 Å². The highest BCUT2D eigenvalue weighted by atomic mass is 16.5. The van der Waals surface area contributed by atoms with Crippen LogP contribution in [0.5, 0.6) is 11.5 Å². The lowest BCUT2D eigenvalue weighted by Gasteiger charge is -2.11. The van der Waals surface area contributed by atoms with Crippen LogP contribution in [0.15, 0.2) is 33.9 Å². The van der Waals surface area contributed by atoms with E-state index in [-0.39, 0.29) is 24.4 Å². The van der Waals surface area contributed by atoms with E-state index >= 15 is 0 Å². The number of rotatable bonds is 9. The molecule has 0 unspecified atom stereocenters. The molecule has 1 aromatic carbocycles. The van der Waals surface area contributed by atoms with Crippen LogP contribution in [0.4, 0.5) is 5.82 Å². The maximum atomic E-state index is 12.3. The van der Waals surface area contributed by atoms with E-state index in [2.05, 4.69) is 0 Å². The number of ketones is 1. The highest BCUT2D eigenvalue weighted by Crippen LogP contribution is 2.17. The van der Waals surface area contributed by atoms with Crippen LogP contribution >= 0.6 is 0 Å². The summed E-state index contributed by atoms with van der Waals surface area (Å²) in [5, 5.41) is 0. The summed E-state index contributed by atoms with van der Waals surface area (Å²) in [4.78, 5) is 48.0. The molecule has 0 saturated carbocycles. The van der Waals surface area contributed by atoms with Gasteiger partial charge in [0.15, 0.2) is 6.61 Å². The minimum Gasteiger partial charge on any atom is -0.497 e. The number of carbonyl (C=O) groups excluding carboxylic acids is 2. The molecule has 0 atom stereocenters. The number of benzene rings is 1. The minimum atomic E-state index is -0.834. The van der Waals surface area contributed by atoms with Crippen molar-refractivity contribution in [2.45, 2.75) is 12.8 Å². The van der Waals surface area contributed by atoms with Crippen molar-refractivity contribution in [2.24, 2.45) is 14.1 Å². The second-order valence-electron chi connectivity index (χ2n) is 6.18. The van der Waals surface area contributed by atoms with Crippen LogP contribution in [0.3, 0.4) is 0 Å². The van der Waals surface area contributed by atoms with Gasteiger partial charge >= 0.3 is 11.7 Å². The van der Waals surface area contributed by atoms with Gasteiger partial charge in [-0.05, 0) is 30.7 Å². The molecule has 0 bridgehead atoms. The molecular formula is C19H23N3O7. The molecule has 10 heteroatoms. The highest BCUT2D eigenvalue weighted by Gasteiger charge is 2.21. The molecule has 1 heterocycles. The Morgan fingerprint density at radius 3 is 2.28 bits per heavy atom. The van der Waals surface area contributed by atoms with Gasteiger partial charge < -0.3 is 19.9 Å². The SMILES string of the molecule is COc1ccc(OCCCC(=O)OCC(=O)c2c(N)n(C)c(=O)n(C)c2=O)cc1. The molecule has 0 amide bonds. The Morgan fingerprint density at radius 1 is 1.03 bits per heavy atom. The van der Waals surface area contributed by atoms with Gasteiger partial charge in [-0.1, -0.05) is 0 Å². The van der Waals surface area contributed by atoms with Crippen LogP contribution in [0.2, 0.25) is 0 Å². The average molecular weight is 405 g/mol. The van der Waals surface area contributed by atoms with E-state index in [4.69, 9.17) is 19.9 Å². The van der Waals surface area contributed by atoms with Gasteiger partial charge in [-0.25, -0.2) is 4.79 Å². The third-order valence-electron chi connectivity index (χ3n) is 4.21. The quantitative estimate of drug-likeness (QED) is 0.357. The number of nitrogens with two attached hydrogens (primary N) is 1. The Labute approximate surface area is 166 Å². The molecule has 10 nitrogen and oxygen atoms in total. The van der Waals surface area contributed by atoms with Gasteiger partial charge in [0.1, 0.15) is 22.9 Å². The molecule has 1 aromatic heterocycles. The van der Waals surface area contributed by atoms with Crippen LogP contribution in [0.25, 0.3) is 0 Å². The summed E-state index contributed by atoms with van der Waals surface area (Å²) in [7, 11) is 4.13. The number of anilines is 1. The molecule has 0 aliphatic heterocycles. The fourth-order valence-electron chi connectivity index (χ4n) is 2.49. The Bertz CT molecular complexity index is 1010. The van der Waals surface area contributed by atoms with Crippen molar-refractivity contribution >= 4 is 17.6 Å². The molecule has 0 saturated heterocycles. The van der Waals surface area contributed by atoms with Gasteiger partial charge in [-0.15, -0.1) is 0 Å². The smallest absolute Gasteiger partial charge is 0.332 e. The standard InChI is InChI=1S/C19H23N3O7/c1-21-17(20)16(18(25)22(2)19(21)26)14(23)11-29-15(24)5-4-10-28-13-8-6-12(27-3)7-9-13/h6-9H,4-5,10-11,20H2,1-3H3. The number of Topliss-reactive ketones (excluding diaryl/α,β-unsaturated/α-hetero) is 1. The Kier molecular flexibility index (Phi) is 7.18. The average Bonchev–Trinajstić information content (AvgIpc) is 2.73. The largest absolute Gasteiger partial charge is 0.497 e. The maximum Gasteiger partial charge on any atom is 0.332 e. The number of hydrogen-bond acceptors (Lipinski definition) is 8. The summed E-state index contributed by atoms with van der Waals surface area (Å²) in [5.74, 6) is -0.319. The Hall–Kier alpha value is -3.56. The summed E-state index contributed by atoms with van der Waals surface area (Å²) in [6.45, 7) is -0.362. The van der Waals surface area contributed by atoms with Crippen LogP contribution in [-0.4, -0.2) is 41.2 Å². The monoisotopic (exact) mass is 405 g/mol. The van der Waals surface area contributed by atoms with E-state index in [1.54, 1.807) is 31.4 Å². The first-order valence-electron chi connectivity index (χ1n) is 8.77. The van der Waals surface area contributed by atoms with Gasteiger partial charge in [0.05, 0.1) is 13.7 Å². The topological polar surface area (TPSA) is 132 Å². The number of nitrogens with zero attached hydrogens (tertiary/aromatic N) is 2. The summed E-state index contributed by atoms with van der Waals surface area (Å²) in [6, 6.07) is 7.00. The lowest BCUT2D eigenvalue weighted by Crippen LogP contribution is -2.42. The molecule has 0 fully saturated rings. The van der Waals surface area contributed by atoms with E-state index in [9.17, 15) is 19.2 Å². The molecule has 0 aliphatic carbocycles. The number of ether oxygens (including phenoxy) is 3. The zero-order valence-electron chi connectivity index (χ0n) is 16.5. The second kappa shape index (κ2) is 9.58. The van der Waals surface area contributed by atoms with E-state index in [1.807, 2.05) is 0 Å². The molecular weight excluding hydrogens is 382 g/mol. The maximum absolute atomic E-state index is 12.3. The lowest BCUT2D eigenvalue weighted by molar-refractivity contribution is -0.142. The van der Waals surface area contributed by atoms with Crippen LogP contribution in [-0.2, 0) is 23.6 Å². The van der Waals surface area contributed by atoms with E-state index < -0.39 is 29.6 Å². The molecule has 2 N–H and O–H groups in total. The third-order valence-corrected chi connectivity index (χ3v) is 4.21. The van der Waals surface area contributed by atoms with Crippen molar-refractivity contribution in [1.82, 2.24) is 9.13 Å². The Balaban J connectivity index is 1.82. The first-order chi connectivity index (χ1) is 13.8. The molecule has 156 valence electrons. The third kappa shape index (κ3) is 5.24. The number of esters is 1. The van der Waals surface area contributed by atoms with Crippen molar-refractivity contribution in [3.63, 3.8) is 0 Å². The molecule has 2 rings (SSSR count). The zero-order valence-corrected chi connectivity index (χ0v) is 16.5. The van der Waals surface area contributed by atoms with Crippen molar-refractivity contribution in [2.75, 3.05) is 26.1 Å².